The standard InChI is InChI=1S/C22H22N4O5/c1-25-19-17(20(27)26(2)22(25)29)18(23-21(28)24-19)14-9-10-15(16(11-14)30-3)31-12-13-7-5-4-6-8-13/h4-11,18H,12H2,1-3H3,(H2,23,24,28). The Kier molecular flexibility index (Phi) is 5.24. The van der Waals surface area contributed by atoms with Crippen molar-refractivity contribution < 1.29 is 14.3 Å². The molecule has 1 aliphatic rings. The van der Waals surface area contributed by atoms with Gasteiger partial charge in [-0.1, -0.05) is 36.4 Å². The summed E-state index contributed by atoms with van der Waals surface area (Å²) >= 11 is 0. The van der Waals surface area contributed by atoms with Gasteiger partial charge >= 0.3 is 11.7 Å². The first-order valence-electron chi connectivity index (χ1n) is 9.62. The van der Waals surface area contributed by atoms with Crippen LogP contribution in [0.3, 0.4) is 0 Å². The number of aromatic nitrogens is 2. The second kappa shape index (κ2) is 8.02. The number of methoxy groups -OCH3 is 1. The molecule has 31 heavy (non-hydrogen) atoms. The minimum absolute atomic E-state index is 0.172. The summed E-state index contributed by atoms with van der Waals surface area (Å²) in [7, 11) is 4.43. The zero-order valence-corrected chi connectivity index (χ0v) is 17.3. The van der Waals surface area contributed by atoms with E-state index in [1.165, 1.54) is 25.8 Å². The van der Waals surface area contributed by atoms with Crippen LogP contribution < -0.4 is 31.4 Å². The largest absolute Gasteiger partial charge is 0.493 e. The Morgan fingerprint density at radius 2 is 1.71 bits per heavy atom. The maximum absolute atomic E-state index is 12.9. The number of nitrogens with one attached hydrogen (secondary N) is 2. The number of urea groups is 1. The van der Waals surface area contributed by atoms with Gasteiger partial charge < -0.3 is 14.8 Å². The fourth-order valence-electron chi connectivity index (χ4n) is 3.60. The summed E-state index contributed by atoms with van der Waals surface area (Å²) in [6.07, 6.45) is 0. The van der Waals surface area contributed by atoms with E-state index in [1.807, 2.05) is 30.3 Å². The number of fused-ring (bicyclic) bond motifs is 1. The summed E-state index contributed by atoms with van der Waals surface area (Å²) in [6, 6.07) is 13.7. The summed E-state index contributed by atoms with van der Waals surface area (Å²) < 4.78 is 13.6. The first-order valence-corrected chi connectivity index (χ1v) is 9.62. The molecular weight excluding hydrogens is 400 g/mol. The number of rotatable bonds is 5. The minimum atomic E-state index is -0.758. The van der Waals surface area contributed by atoms with Crippen molar-refractivity contribution in [3.63, 3.8) is 0 Å². The summed E-state index contributed by atoms with van der Waals surface area (Å²) in [4.78, 5) is 37.4. The number of ether oxygens (including phenoxy) is 2. The molecule has 1 unspecified atom stereocenters. The number of hydrogen-bond acceptors (Lipinski definition) is 5. The lowest BCUT2D eigenvalue weighted by molar-refractivity contribution is 0.248. The molecule has 1 aromatic heterocycles. The van der Waals surface area contributed by atoms with E-state index in [0.29, 0.717) is 23.7 Å². The van der Waals surface area contributed by atoms with Crippen molar-refractivity contribution >= 4 is 11.8 Å². The third-order valence-corrected chi connectivity index (χ3v) is 5.25. The SMILES string of the molecule is COc1cc(C2NC(=O)Nc3c2c(=O)n(C)c(=O)n3C)ccc1OCc1ccccc1. The van der Waals surface area contributed by atoms with Crippen molar-refractivity contribution in [3.05, 3.63) is 86.1 Å². The molecule has 9 nitrogen and oxygen atoms in total. The molecule has 0 bridgehead atoms. The molecule has 3 aromatic rings. The number of carbonyl (C=O) groups excluding carboxylic acids is 1. The molecule has 9 heteroatoms. The molecule has 160 valence electrons. The number of benzene rings is 2. The fraction of sp³-hybridized carbons (Fsp3) is 0.227. The Labute approximate surface area is 177 Å². The van der Waals surface area contributed by atoms with Crippen molar-refractivity contribution in [1.29, 1.82) is 0 Å². The molecule has 0 radical (unpaired) electrons. The lowest BCUT2D eigenvalue weighted by atomic mass is 9.98. The van der Waals surface area contributed by atoms with Gasteiger partial charge in [-0.3, -0.25) is 19.2 Å². The van der Waals surface area contributed by atoms with Crippen LogP contribution >= 0.6 is 0 Å². The molecule has 1 aliphatic heterocycles. The van der Waals surface area contributed by atoms with Crippen molar-refractivity contribution in [2.75, 3.05) is 12.4 Å². The van der Waals surface area contributed by atoms with Gasteiger partial charge in [0.05, 0.1) is 18.7 Å². The highest BCUT2D eigenvalue weighted by Gasteiger charge is 2.32. The highest BCUT2D eigenvalue weighted by atomic mass is 16.5. The summed E-state index contributed by atoms with van der Waals surface area (Å²) in [5.74, 6) is 1.17. The highest BCUT2D eigenvalue weighted by Crippen LogP contribution is 2.35. The number of amides is 2. The maximum Gasteiger partial charge on any atom is 0.332 e. The van der Waals surface area contributed by atoms with E-state index in [-0.39, 0.29) is 11.4 Å². The van der Waals surface area contributed by atoms with E-state index in [9.17, 15) is 14.4 Å². The smallest absolute Gasteiger partial charge is 0.332 e. The Bertz CT molecular complexity index is 1260. The van der Waals surface area contributed by atoms with Gasteiger partial charge in [-0.25, -0.2) is 9.59 Å². The molecule has 0 fully saturated rings. The van der Waals surface area contributed by atoms with E-state index in [0.717, 1.165) is 10.1 Å². The van der Waals surface area contributed by atoms with Crippen molar-refractivity contribution in [2.45, 2.75) is 12.6 Å². The average Bonchev–Trinajstić information content (AvgIpc) is 2.80. The zero-order chi connectivity index (χ0) is 22.1. The first kappa shape index (κ1) is 20.3. The monoisotopic (exact) mass is 422 g/mol. The van der Waals surface area contributed by atoms with Crippen LogP contribution in [0.5, 0.6) is 11.5 Å². The van der Waals surface area contributed by atoms with Gasteiger partial charge in [-0.05, 0) is 23.3 Å². The molecule has 2 N–H and O–H groups in total. The Balaban J connectivity index is 1.73. The summed E-state index contributed by atoms with van der Waals surface area (Å²) in [5.41, 5.74) is 0.892. The fourth-order valence-corrected chi connectivity index (χ4v) is 3.60. The zero-order valence-electron chi connectivity index (χ0n) is 17.3. The second-order valence-corrected chi connectivity index (χ2v) is 7.18. The lowest BCUT2D eigenvalue weighted by Gasteiger charge is -2.28. The summed E-state index contributed by atoms with van der Waals surface area (Å²) in [6.45, 7) is 0.367. The van der Waals surface area contributed by atoms with Crippen LogP contribution in [0, 0.1) is 0 Å². The first-order chi connectivity index (χ1) is 14.9. The van der Waals surface area contributed by atoms with Crippen LogP contribution in [0.15, 0.2) is 58.1 Å². The number of anilines is 1. The molecular formula is C22H22N4O5. The van der Waals surface area contributed by atoms with Crippen molar-refractivity contribution in [1.82, 2.24) is 14.5 Å². The number of nitrogens with zero attached hydrogens (tertiary/aromatic N) is 2. The molecule has 2 aromatic carbocycles. The van der Waals surface area contributed by atoms with Gasteiger partial charge in [0.25, 0.3) is 5.56 Å². The van der Waals surface area contributed by atoms with E-state index in [1.54, 1.807) is 18.2 Å². The Hall–Kier alpha value is -4.01. The van der Waals surface area contributed by atoms with Gasteiger partial charge in [-0.15, -0.1) is 0 Å². The molecule has 1 atom stereocenters. The normalized spacial score (nSPS) is 14.9. The van der Waals surface area contributed by atoms with E-state index < -0.39 is 23.3 Å². The van der Waals surface area contributed by atoms with E-state index in [4.69, 9.17) is 9.47 Å². The number of carbonyl (C=O) groups is 1. The predicted octanol–water partition coefficient (Wildman–Crippen LogP) is 1.90. The molecule has 4 rings (SSSR count). The Morgan fingerprint density at radius 3 is 2.42 bits per heavy atom. The predicted molar refractivity (Wildman–Crippen MR) is 115 cm³/mol. The van der Waals surface area contributed by atoms with E-state index >= 15 is 0 Å². The Morgan fingerprint density at radius 1 is 0.968 bits per heavy atom. The average molecular weight is 422 g/mol. The number of hydrogen-bond donors (Lipinski definition) is 2. The van der Waals surface area contributed by atoms with Crippen LogP contribution in [-0.2, 0) is 20.7 Å². The second-order valence-electron chi connectivity index (χ2n) is 7.18. The topological polar surface area (TPSA) is 104 Å². The van der Waals surface area contributed by atoms with Gasteiger partial charge in [0, 0.05) is 14.1 Å². The van der Waals surface area contributed by atoms with Crippen LogP contribution in [0.2, 0.25) is 0 Å². The van der Waals surface area contributed by atoms with Gasteiger partial charge in [0.15, 0.2) is 11.5 Å². The van der Waals surface area contributed by atoms with Crippen LogP contribution in [-0.4, -0.2) is 22.3 Å². The molecule has 2 heterocycles. The van der Waals surface area contributed by atoms with Gasteiger partial charge in [-0.2, -0.15) is 0 Å². The highest BCUT2D eigenvalue weighted by molar-refractivity contribution is 5.92. The third-order valence-electron chi connectivity index (χ3n) is 5.25. The quantitative estimate of drug-likeness (QED) is 0.654. The van der Waals surface area contributed by atoms with E-state index in [2.05, 4.69) is 10.6 Å². The van der Waals surface area contributed by atoms with Crippen molar-refractivity contribution in [3.8, 4) is 11.5 Å². The van der Waals surface area contributed by atoms with Crippen LogP contribution in [0.1, 0.15) is 22.7 Å². The maximum atomic E-state index is 12.9. The molecule has 0 saturated carbocycles. The molecule has 0 saturated heterocycles. The third kappa shape index (κ3) is 3.65. The lowest BCUT2D eigenvalue weighted by Crippen LogP contribution is -2.49. The van der Waals surface area contributed by atoms with Crippen LogP contribution in [0.25, 0.3) is 0 Å². The van der Waals surface area contributed by atoms with Gasteiger partial charge in [0.1, 0.15) is 12.4 Å². The van der Waals surface area contributed by atoms with Crippen molar-refractivity contribution in [2.24, 2.45) is 14.1 Å². The van der Waals surface area contributed by atoms with Gasteiger partial charge in [0.2, 0.25) is 0 Å². The molecule has 0 spiro atoms. The molecule has 2 amide bonds. The summed E-state index contributed by atoms with van der Waals surface area (Å²) in [5, 5.41) is 5.32. The van der Waals surface area contributed by atoms with Crippen LogP contribution in [0.4, 0.5) is 10.6 Å². The molecule has 0 aliphatic carbocycles. The minimum Gasteiger partial charge on any atom is -0.493 e.